The Kier molecular flexibility index (Phi) is 8.02. The van der Waals surface area contributed by atoms with Gasteiger partial charge in [-0.15, -0.1) is 0 Å². The van der Waals surface area contributed by atoms with Gasteiger partial charge in [-0.25, -0.2) is 0 Å². The van der Waals surface area contributed by atoms with E-state index in [9.17, 15) is 39.7 Å². The molecule has 0 spiro atoms. The van der Waals surface area contributed by atoms with Gasteiger partial charge in [-0.05, 0) is 49.4 Å². The molecule has 0 saturated carbocycles. The number of carboxylic acid groups (broad SMARTS) is 1. The van der Waals surface area contributed by atoms with Crippen LogP contribution in [0.5, 0.6) is 11.5 Å². The van der Waals surface area contributed by atoms with Crippen LogP contribution in [0.4, 0.5) is 11.4 Å². The molecule has 218 valence electrons. The van der Waals surface area contributed by atoms with E-state index in [1.807, 2.05) is 4.90 Å². The van der Waals surface area contributed by atoms with Crippen molar-refractivity contribution in [3.63, 3.8) is 0 Å². The summed E-state index contributed by atoms with van der Waals surface area (Å²) in [6.45, 7) is 0.128. The number of carboxylic acids is 1. The second-order valence-corrected chi connectivity index (χ2v) is 10.9. The van der Waals surface area contributed by atoms with Crippen LogP contribution in [0.2, 0.25) is 10.0 Å². The molecule has 42 heavy (non-hydrogen) atoms. The van der Waals surface area contributed by atoms with Crippen LogP contribution in [0.1, 0.15) is 56.4 Å². The number of nitrogens with zero attached hydrogens (tertiary/aromatic N) is 3. The zero-order chi connectivity index (χ0) is 30.3. The van der Waals surface area contributed by atoms with Crippen LogP contribution < -0.4 is 4.74 Å². The molecule has 2 aromatic rings. The van der Waals surface area contributed by atoms with Crippen LogP contribution in [0.25, 0.3) is 0 Å². The molecule has 3 aliphatic rings. The van der Waals surface area contributed by atoms with Crippen LogP contribution >= 0.6 is 23.2 Å². The zero-order valence-corrected chi connectivity index (χ0v) is 23.4. The maximum atomic E-state index is 13.4. The number of aliphatic carboxylic acids is 1. The molecule has 14 heteroatoms. The molecular weight excluding hydrogens is 593 g/mol. The smallest absolute Gasteiger partial charge is 0.318 e. The van der Waals surface area contributed by atoms with Gasteiger partial charge in [-0.3, -0.25) is 34.6 Å². The van der Waals surface area contributed by atoms with Crippen molar-refractivity contribution < 1.29 is 34.1 Å². The maximum Gasteiger partial charge on any atom is 0.318 e. The lowest BCUT2D eigenvalue weighted by Gasteiger charge is -2.44. The summed E-state index contributed by atoms with van der Waals surface area (Å²) >= 11 is 13.2. The van der Waals surface area contributed by atoms with Gasteiger partial charge < -0.3 is 14.7 Å². The molecule has 12 nitrogen and oxygen atoms in total. The van der Waals surface area contributed by atoms with Gasteiger partial charge in [0.1, 0.15) is 0 Å². The summed E-state index contributed by atoms with van der Waals surface area (Å²) in [5, 5.41) is 31.9. The van der Waals surface area contributed by atoms with Crippen LogP contribution in [-0.2, 0) is 14.4 Å². The van der Waals surface area contributed by atoms with Gasteiger partial charge in [0.15, 0.2) is 17.3 Å². The van der Waals surface area contributed by atoms with Crippen molar-refractivity contribution in [2.24, 2.45) is 0 Å². The van der Waals surface area contributed by atoms with E-state index in [-0.39, 0.29) is 58.9 Å². The predicted molar refractivity (Wildman–Crippen MR) is 150 cm³/mol. The number of nitro groups is 2. The second-order valence-electron chi connectivity index (χ2n) is 10.1. The monoisotopic (exact) mass is 615 g/mol. The van der Waals surface area contributed by atoms with E-state index in [1.165, 1.54) is 12.1 Å². The number of ketones is 2. The van der Waals surface area contributed by atoms with E-state index in [1.54, 1.807) is 0 Å². The molecule has 2 aromatic carbocycles. The van der Waals surface area contributed by atoms with Gasteiger partial charge in [0.05, 0.1) is 32.4 Å². The van der Waals surface area contributed by atoms with Crippen molar-refractivity contribution in [3.8, 4) is 11.5 Å². The minimum Gasteiger partial charge on any atom is -0.481 e. The third-order valence-electron chi connectivity index (χ3n) is 7.55. The molecule has 0 bridgehead atoms. The van der Waals surface area contributed by atoms with Gasteiger partial charge in [0.25, 0.3) is 5.69 Å². The molecule has 1 N–H and O–H groups in total. The first kappa shape index (κ1) is 29.2. The zero-order valence-electron chi connectivity index (χ0n) is 21.9. The normalized spacial score (nSPS) is 17.2. The summed E-state index contributed by atoms with van der Waals surface area (Å²) in [5.74, 6) is -2.55. The molecular formula is C28H23Cl2N3O9. The third-order valence-corrected chi connectivity index (χ3v) is 8.11. The van der Waals surface area contributed by atoms with E-state index in [4.69, 9.17) is 27.9 Å². The first-order chi connectivity index (χ1) is 20.0. The highest BCUT2D eigenvalue weighted by Crippen LogP contribution is 2.51. The Labute approximate surface area is 248 Å². The highest BCUT2D eigenvalue weighted by molar-refractivity contribution is 6.37. The Morgan fingerprint density at radius 1 is 0.929 bits per heavy atom. The van der Waals surface area contributed by atoms with Crippen LogP contribution in [0.15, 0.2) is 52.9 Å². The van der Waals surface area contributed by atoms with E-state index in [0.717, 1.165) is 18.2 Å². The van der Waals surface area contributed by atoms with Gasteiger partial charge in [0, 0.05) is 53.9 Å². The number of ether oxygens (including phenoxy) is 1. The minimum atomic E-state index is -0.992. The Morgan fingerprint density at radius 2 is 1.50 bits per heavy atom. The average Bonchev–Trinajstić information content (AvgIpc) is 2.93. The van der Waals surface area contributed by atoms with Crippen molar-refractivity contribution >= 4 is 52.1 Å². The number of allylic oxidation sites excluding steroid dienone is 4. The quantitative estimate of drug-likeness (QED) is 0.255. The molecule has 1 aliphatic heterocycles. The average molecular weight is 616 g/mol. The number of carbonyl (C=O) groups is 3. The molecule has 2 aliphatic carbocycles. The number of rotatable bonds is 8. The molecule has 0 atom stereocenters. The number of hydrogen-bond donors (Lipinski definition) is 1. The van der Waals surface area contributed by atoms with Crippen molar-refractivity contribution in [1.82, 2.24) is 4.90 Å². The fraction of sp³-hybridized carbons (Fsp3) is 0.321. The lowest BCUT2D eigenvalue weighted by molar-refractivity contribution is -0.394. The summed E-state index contributed by atoms with van der Waals surface area (Å²) < 4.78 is 5.69. The van der Waals surface area contributed by atoms with Crippen molar-refractivity contribution in [1.29, 1.82) is 0 Å². The number of carbonyl (C=O) groups excluding carboxylic acids is 2. The summed E-state index contributed by atoms with van der Waals surface area (Å²) in [5.41, 5.74) is 1.48. The molecule has 0 radical (unpaired) electrons. The van der Waals surface area contributed by atoms with E-state index in [0.29, 0.717) is 53.8 Å². The minimum absolute atomic E-state index is 0.0609. The molecule has 0 amide bonds. The fourth-order valence-electron chi connectivity index (χ4n) is 5.83. The molecule has 0 saturated heterocycles. The second kappa shape index (κ2) is 11.5. The van der Waals surface area contributed by atoms with Crippen LogP contribution in [0.3, 0.4) is 0 Å². The fourth-order valence-corrected chi connectivity index (χ4v) is 6.41. The first-order valence-corrected chi connectivity index (χ1v) is 13.8. The standard InChI is InChI=1S/C28H23Cl2N3O9/c29-16-11-14(12-17(30)28(16)42-23-8-7-15(32(38)39)13-20(23)33(40)41)25-26-18(3-1-5-21(26)34)31(10-9-24(36)37)19-4-2-6-22(35)27(19)25/h7-8,11-13,25H,1-6,9-10H2,(H,36,37). The summed E-state index contributed by atoms with van der Waals surface area (Å²) in [4.78, 5) is 61.1. The first-order valence-electron chi connectivity index (χ1n) is 13.1. The molecule has 0 aromatic heterocycles. The number of benzene rings is 2. The number of Topliss-reactive ketones (excluding diaryl/α,β-unsaturated/α-hetero) is 2. The largest absolute Gasteiger partial charge is 0.481 e. The van der Waals surface area contributed by atoms with E-state index < -0.39 is 33.1 Å². The highest BCUT2D eigenvalue weighted by atomic mass is 35.5. The number of halogens is 2. The Morgan fingerprint density at radius 3 is 2.00 bits per heavy atom. The summed E-state index contributed by atoms with van der Waals surface area (Å²) in [7, 11) is 0. The Hall–Kier alpha value is -4.29. The van der Waals surface area contributed by atoms with Crippen molar-refractivity contribution in [2.75, 3.05) is 6.54 Å². The predicted octanol–water partition coefficient (Wildman–Crippen LogP) is 6.49. The maximum absolute atomic E-state index is 13.4. The van der Waals surface area contributed by atoms with Crippen molar-refractivity contribution in [3.05, 3.63) is 88.7 Å². The highest BCUT2D eigenvalue weighted by Gasteiger charge is 2.43. The van der Waals surface area contributed by atoms with Crippen LogP contribution in [-0.4, -0.2) is 43.9 Å². The topological polar surface area (TPSA) is 170 Å². The SMILES string of the molecule is O=C(O)CCN1C2=C(C(=O)CCC2)C(c2cc(Cl)c(Oc3ccc([N+](=O)[O-])cc3[N+](=O)[O-])c(Cl)c2)C2=C1CCCC2=O. The van der Waals surface area contributed by atoms with Gasteiger partial charge >= 0.3 is 11.7 Å². The Bertz CT molecular complexity index is 1570. The Balaban J connectivity index is 1.61. The number of non-ortho nitro benzene ring substituents is 1. The molecule has 0 fully saturated rings. The summed E-state index contributed by atoms with van der Waals surface area (Å²) in [6, 6.07) is 5.84. The van der Waals surface area contributed by atoms with Crippen LogP contribution in [0, 0.1) is 20.2 Å². The third kappa shape index (κ3) is 5.35. The number of nitro benzene ring substituents is 2. The van der Waals surface area contributed by atoms with E-state index in [2.05, 4.69) is 0 Å². The van der Waals surface area contributed by atoms with Gasteiger partial charge in [0.2, 0.25) is 5.75 Å². The lowest BCUT2D eigenvalue weighted by Crippen LogP contribution is -2.39. The number of hydrogen-bond acceptors (Lipinski definition) is 9. The molecule has 1 heterocycles. The van der Waals surface area contributed by atoms with Gasteiger partial charge in [-0.2, -0.15) is 0 Å². The van der Waals surface area contributed by atoms with Gasteiger partial charge in [-0.1, -0.05) is 23.2 Å². The molecule has 0 unspecified atom stereocenters. The summed E-state index contributed by atoms with van der Waals surface area (Å²) in [6.07, 6.45) is 2.62. The lowest BCUT2D eigenvalue weighted by atomic mass is 9.71. The van der Waals surface area contributed by atoms with E-state index >= 15 is 0 Å². The van der Waals surface area contributed by atoms with Crippen molar-refractivity contribution in [2.45, 2.75) is 50.9 Å². The molecule has 5 rings (SSSR count).